The van der Waals surface area contributed by atoms with Crippen LogP contribution in [0.2, 0.25) is 0 Å². The molecule has 3 amide bonds. The zero-order valence-corrected chi connectivity index (χ0v) is 7.55. The van der Waals surface area contributed by atoms with Gasteiger partial charge in [-0.3, -0.25) is 10.1 Å². The van der Waals surface area contributed by atoms with E-state index in [9.17, 15) is 9.59 Å². The molecule has 0 bridgehead atoms. The minimum absolute atomic E-state index is 0.375. The Kier molecular flexibility index (Phi) is 3.21. The van der Waals surface area contributed by atoms with Gasteiger partial charge in [-0.05, 0) is 5.41 Å². The second-order valence-electron chi connectivity index (χ2n) is 3.70. The van der Waals surface area contributed by atoms with Crippen LogP contribution in [0.1, 0.15) is 20.8 Å². The summed E-state index contributed by atoms with van der Waals surface area (Å²) in [5, 5.41) is 1.92. The van der Waals surface area contributed by atoms with Gasteiger partial charge in [-0.2, -0.15) is 0 Å². The zero-order valence-electron chi connectivity index (χ0n) is 7.55. The standard InChI is InChI=1S/C7H15N3O2/c1-7(2,3)4(8)5(11)10-6(9)12/h4H,8H2,1-3H3,(H3,9,10,11,12)/t4-/m1/s1. The van der Waals surface area contributed by atoms with Gasteiger partial charge in [0.1, 0.15) is 0 Å². The average molecular weight is 173 g/mol. The number of nitrogens with two attached hydrogens (primary N) is 2. The van der Waals surface area contributed by atoms with Crippen molar-refractivity contribution in [1.29, 1.82) is 0 Å². The lowest BCUT2D eigenvalue weighted by Crippen LogP contribution is -2.51. The summed E-state index contributed by atoms with van der Waals surface area (Å²) in [5.41, 5.74) is 9.90. The van der Waals surface area contributed by atoms with E-state index >= 15 is 0 Å². The minimum Gasteiger partial charge on any atom is -0.351 e. The van der Waals surface area contributed by atoms with Crippen LogP contribution >= 0.6 is 0 Å². The van der Waals surface area contributed by atoms with Gasteiger partial charge < -0.3 is 11.5 Å². The molecular weight excluding hydrogens is 158 g/mol. The topological polar surface area (TPSA) is 98.2 Å². The van der Waals surface area contributed by atoms with Gasteiger partial charge in [-0.1, -0.05) is 20.8 Å². The van der Waals surface area contributed by atoms with Gasteiger partial charge >= 0.3 is 6.03 Å². The van der Waals surface area contributed by atoms with Gasteiger partial charge in [0.25, 0.3) is 0 Å². The summed E-state index contributed by atoms with van der Waals surface area (Å²) in [6, 6.07) is -1.61. The molecule has 1 atom stereocenters. The first-order valence-corrected chi connectivity index (χ1v) is 3.61. The SMILES string of the molecule is CC(C)(C)[C@H](N)C(=O)NC(N)=O. The van der Waals surface area contributed by atoms with Crippen LogP contribution in [0, 0.1) is 5.41 Å². The van der Waals surface area contributed by atoms with Gasteiger partial charge in [0, 0.05) is 0 Å². The molecule has 5 heteroatoms. The van der Waals surface area contributed by atoms with Crippen LogP contribution in [0.25, 0.3) is 0 Å². The zero-order chi connectivity index (χ0) is 9.94. The molecule has 0 aliphatic rings. The molecule has 5 N–H and O–H groups in total. The van der Waals surface area contributed by atoms with Gasteiger partial charge in [-0.15, -0.1) is 0 Å². The Bertz CT molecular complexity index is 195. The molecule has 5 nitrogen and oxygen atoms in total. The van der Waals surface area contributed by atoms with E-state index in [4.69, 9.17) is 11.5 Å². The lowest BCUT2D eigenvalue weighted by molar-refractivity contribution is -0.123. The number of nitrogens with one attached hydrogen (secondary N) is 1. The summed E-state index contributed by atoms with van der Waals surface area (Å²) in [5.74, 6) is -0.546. The van der Waals surface area contributed by atoms with Crippen molar-refractivity contribution in [1.82, 2.24) is 5.32 Å². The van der Waals surface area contributed by atoms with E-state index in [-0.39, 0.29) is 5.41 Å². The second kappa shape index (κ2) is 3.53. The highest BCUT2D eigenvalue weighted by molar-refractivity contribution is 5.96. The second-order valence-corrected chi connectivity index (χ2v) is 3.70. The predicted molar refractivity (Wildman–Crippen MR) is 45.2 cm³/mol. The molecule has 0 fully saturated rings. The first-order valence-electron chi connectivity index (χ1n) is 3.61. The minimum atomic E-state index is -0.875. The van der Waals surface area contributed by atoms with Crippen molar-refractivity contribution in [2.24, 2.45) is 16.9 Å². The van der Waals surface area contributed by atoms with Crippen LogP contribution in [-0.4, -0.2) is 18.0 Å². The number of amides is 3. The van der Waals surface area contributed by atoms with E-state index in [2.05, 4.69) is 0 Å². The summed E-state index contributed by atoms with van der Waals surface area (Å²) < 4.78 is 0. The van der Waals surface area contributed by atoms with Crippen molar-refractivity contribution >= 4 is 11.9 Å². The van der Waals surface area contributed by atoms with Crippen molar-refractivity contribution in [2.75, 3.05) is 0 Å². The molecule has 70 valence electrons. The quantitative estimate of drug-likeness (QED) is 0.501. The van der Waals surface area contributed by atoms with Crippen LogP contribution in [0.15, 0.2) is 0 Å². The van der Waals surface area contributed by atoms with E-state index in [0.717, 1.165) is 0 Å². The fraction of sp³-hybridized carbons (Fsp3) is 0.714. The van der Waals surface area contributed by atoms with Crippen LogP contribution in [0.5, 0.6) is 0 Å². The lowest BCUT2D eigenvalue weighted by atomic mass is 9.87. The van der Waals surface area contributed by atoms with E-state index in [0.29, 0.717) is 0 Å². The number of hydrogen-bond donors (Lipinski definition) is 3. The van der Waals surface area contributed by atoms with Crippen molar-refractivity contribution < 1.29 is 9.59 Å². The maximum Gasteiger partial charge on any atom is 0.318 e. The Morgan fingerprint density at radius 2 is 1.75 bits per heavy atom. The molecule has 0 rings (SSSR count). The van der Waals surface area contributed by atoms with Crippen molar-refractivity contribution in [3.05, 3.63) is 0 Å². The van der Waals surface area contributed by atoms with Crippen LogP contribution < -0.4 is 16.8 Å². The van der Waals surface area contributed by atoms with Crippen LogP contribution in [0.4, 0.5) is 4.79 Å². The molecule has 12 heavy (non-hydrogen) atoms. The fourth-order valence-electron chi connectivity index (χ4n) is 0.592. The molecule has 0 saturated carbocycles. The predicted octanol–water partition coefficient (Wildman–Crippen LogP) is -0.445. The lowest BCUT2D eigenvalue weighted by Gasteiger charge is -2.24. The van der Waals surface area contributed by atoms with Crippen LogP contribution in [-0.2, 0) is 4.79 Å². The number of carbonyl (C=O) groups is 2. The molecule has 0 aromatic rings. The van der Waals surface area contributed by atoms with E-state index in [1.807, 2.05) is 5.32 Å². The fourth-order valence-corrected chi connectivity index (χ4v) is 0.592. The molecule has 0 aliphatic heterocycles. The number of hydrogen-bond acceptors (Lipinski definition) is 3. The van der Waals surface area contributed by atoms with E-state index in [1.54, 1.807) is 20.8 Å². The van der Waals surface area contributed by atoms with E-state index < -0.39 is 18.0 Å². The molecule has 0 saturated heterocycles. The molecule has 0 aromatic heterocycles. The summed E-state index contributed by atoms with van der Waals surface area (Å²) in [7, 11) is 0. The van der Waals surface area contributed by atoms with E-state index in [1.165, 1.54) is 0 Å². The van der Waals surface area contributed by atoms with Crippen molar-refractivity contribution in [3.63, 3.8) is 0 Å². The van der Waals surface area contributed by atoms with Crippen molar-refractivity contribution in [3.8, 4) is 0 Å². The van der Waals surface area contributed by atoms with Crippen LogP contribution in [0.3, 0.4) is 0 Å². The Labute approximate surface area is 71.5 Å². The first-order chi connectivity index (χ1) is 5.25. The third-order valence-electron chi connectivity index (χ3n) is 1.46. The molecule has 0 heterocycles. The maximum atomic E-state index is 11.1. The molecule has 0 aliphatic carbocycles. The smallest absolute Gasteiger partial charge is 0.318 e. The molecule has 0 aromatic carbocycles. The van der Waals surface area contributed by atoms with Gasteiger partial charge in [0.2, 0.25) is 5.91 Å². The van der Waals surface area contributed by atoms with Gasteiger partial charge in [0.15, 0.2) is 0 Å². The summed E-state index contributed by atoms with van der Waals surface area (Å²) in [6.45, 7) is 5.41. The number of primary amides is 1. The van der Waals surface area contributed by atoms with Crippen molar-refractivity contribution in [2.45, 2.75) is 26.8 Å². The Morgan fingerprint density at radius 1 is 1.33 bits per heavy atom. The highest BCUT2D eigenvalue weighted by atomic mass is 16.2. The summed E-state index contributed by atoms with van der Waals surface area (Å²) in [4.78, 5) is 21.3. The monoisotopic (exact) mass is 173 g/mol. The Balaban J connectivity index is 4.21. The number of imide groups is 1. The maximum absolute atomic E-state index is 11.1. The Hall–Kier alpha value is -1.10. The third kappa shape index (κ3) is 3.34. The third-order valence-corrected chi connectivity index (χ3v) is 1.46. The van der Waals surface area contributed by atoms with Gasteiger partial charge in [0.05, 0.1) is 6.04 Å². The number of rotatable bonds is 1. The number of urea groups is 1. The normalized spacial score (nSPS) is 13.7. The average Bonchev–Trinajstić information content (AvgIpc) is 1.82. The molecule has 0 unspecified atom stereocenters. The summed E-state index contributed by atoms with van der Waals surface area (Å²) >= 11 is 0. The summed E-state index contributed by atoms with van der Waals surface area (Å²) in [6.07, 6.45) is 0. The molecular formula is C7H15N3O2. The highest BCUT2D eigenvalue weighted by Crippen LogP contribution is 2.16. The number of carbonyl (C=O) groups excluding carboxylic acids is 2. The van der Waals surface area contributed by atoms with Gasteiger partial charge in [-0.25, -0.2) is 4.79 Å². The first kappa shape index (κ1) is 10.9. The Morgan fingerprint density at radius 3 is 2.00 bits per heavy atom. The highest BCUT2D eigenvalue weighted by Gasteiger charge is 2.27. The molecule has 0 spiro atoms. The molecule has 0 radical (unpaired) electrons. The largest absolute Gasteiger partial charge is 0.351 e.